The van der Waals surface area contributed by atoms with E-state index in [1.54, 1.807) is 17.3 Å². The maximum Gasteiger partial charge on any atom is 0.00872 e. The first kappa shape index (κ1) is 19.1. The predicted octanol–water partition coefficient (Wildman–Crippen LogP) is 3.92. The molecular formula is C19H15FIrN4-4. The molecule has 1 aliphatic rings. The van der Waals surface area contributed by atoms with E-state index in [9.17, 15) is 4.39 Å². The van der Waals surface area contributed by atoms with E-state index in [0.29, 0.717) is 0 Å². The summed E-state index contributed by atoms with van der Waals surface area (Å²) in [5.41, 5.74) is 7.02. The SMILES string of the molecule is CN1C=CC(c2[c-]cc(F)cc2)[N-]1.[Ir].[c-]1ccccc1-c1ccn[n-]1. The van der Waals surface area contributed by atoms with Gasteiger partial charge >= 0.3 is 0 Å². The minimum absolute atomic E-state index is 0. The summed E-state index contributed by atoms with van der Waals surface area (Å²) in [4.78, 5) is 0. The van der Waals surface area contributed by atoms with Gasteiger partial charge in [0, 0.05) is 25.9 Å². The van der Waals surface area contributed by atoms with Gasteiger partial charge in [-0.1, -0.05) is 12.1 Å². The zero-order chi connectivity index (χ0) is 16.8. The molecule has 0 amide bonds. The molecule has 0 bridgehead atoms. The molecule has 0 N–H and O–H groups in total. The molecule has 25 heavy (non-hydrogen) atoms. The fraction of sp³-hybridized carbons (Fsp3) is 0.105. The maximum atomic E-state index is 12.6. The molecule has 4 nitrogen and oxygen atoms in total. The number of rotatable bonds is 2. The van der Waals surface area contributed by atoms with E-state index in [2.05, 4.69) is 27.8 Å². The van der Waals surface area contributed by atoms with Crippen molar-refractivity contribution in [1.29, 1.82) is 0 Å². The van der Waals surface area contributed by atoms with Crippen molar-refractivity contribution in [2.45, 2.75) is 6.04 Å². The van der Waals surface area contributed by atoms with Crippen molar-refractivity contribution in [3.63, 3.8) is 0 Å². The molecule has 0 fully saturated rings. The molecule has 4 rings (SSSR count). The summed E-state index contributed by atoms with van der Waals surface area (Å²) in [7, 11) is 1.86. The first-order chi connectivity index (χ1) is 11.7. The summed E-state index contributed by atoms with van der Waals surface area (Å²) in [5, 5.41) is 9.37. The Morgan fingerprint density at radius 3 is 2.60 bits per heavy atom. The van der Waals surface area contributed by atoms with E-state index in [1.165, 1.54) is 12.1 Å². The number of nitrogens with zero attached hydrogens (tertiary/aromatic N) is 4. The van der Waals surface area contributed by atoms with E-state index < -0.39 is 0 Å². The van der Waals surface area contributed by atoms with E-state index in [-0.39, 0.29) is 32.0 Å². The molecule has 1 atom stereocenters. The van der Waals surface area contributed by atoms with E-state index in [1.807, 2.05) is 49.7 Å². The molecule has 0 spiro atoms. The number of halogens is 1. The van der Waals surface area contributed by atoms with Gasteiger partial charge in [0.15, 0.2) is 0 Å². The van der Waals surface area contributed by atoms with Gasteiger partial charge in [-0.15, -0.1) is 48.5 Å². The fourth-order valence-electron chi connectivity index (χ4n) is 2.18. The topological polar surface area (TPSA) is 44.3 Å². The molecule has 2 aromatic carbocycles. The van der Waals surface area contributed by atoms with Crippen LogP contribution in [0, 0.1) is 17.9 Å². The van der Waals surface area contributed by atoms with Crippen molar-refractivity contribution in [2.75, 3.05) is 7.05 Å². The van der Waals surface area contributed by atoms with Crippen LogP contribution in [0.3, 0.4) is 0 Å². The summed E-state index contributed by atoms with van der Waals surface area (Å²) >= 11 is 0. The zero-order valence-electron chi connectivity index (χ0n) is 13.4. The summed E-state index contributed by atoms with van der Waals surface area (Å²) in [5.74, 6) is -0.265. The van der Waals surface area contributed by atoms with Crippen molar-refractivity contribution < 1.29 is 24.5 Å². The van der Waals surface area contributed by atoms with Crippen molar-refractivity contribution in [3.05, 3.63) is 95.9 Å². The fourth-order valence-corrected chi connectivity index (χ4v) is 2.18. The van der Waals surface area contributed by atoms with Gasteiger partial charge in [0.2, 0.25) is 0 Å². The average molecular weight is 511 g/mol. The van der Waals surface area contributed by atoms with Gasteiger partial charge in [-0.05, 0) is 19.4 Å². The van der Waals surface area contributed by atoms with Crippen LogP contribution in [-0.2, 0) is 20.1 Å². The quantitative estimate of drug-likeness (QED) is 0.491. The summed E-state index contributed by atoms with van der Waals surface area (Å²) in [6.07, 6.45) is 5.50. The Morgan fingerprint density at radius 2 is 2.04 bits per heavy atom. The molecule has 1 aliphatic heterocycles. The smallest absolute Gasteiger partial charge is 0.00872 e. The van der Waals surface area contributed by atoms with E-state index >= 15 is 0 Å². The number of aromatic nitrogens is 2. The third-order valence-electron chi connectivity index (χ3n) is 3.36. The first-order valence-corrected chi connectivity index (χ1v) is 7.43. The van der Waals surface area contributed by atoms with Crippen molar-refractivity contribution in [2.24, 2.45) is 0 Å². The largest absolute Gasteiger partial charge is 0.619 e. The van der Waals surface area contributed by atoms with Crippen molar-refractivity contribution in [3.8, 4) is 11.3 Å². The Balaban J connectivity index is 0.000000175. The van der Waals surface area contributed by atoms with Gasteiger partial charge in [0.05, 0.1) is 0 Å². The Bertz CT molecular complexity index is 773. The van der Waals surface area contributed by atoms with Gasteiger partial charge in [-0.25, -0.2) is 5.69 Å². The van der Waals surface area contributed by atoms with E-state index in [4.69, 9.17) is 0 Å². The Labute approximate surface area is 160 Å². The average Bonchev–Trinajstić information content (AvgIpc) is 3.29. The van der Waals surface area contributed by atoms with Crippen LogP contribution in [0.25, 0.3) is 16.7 Å². The molecule has 0 saturated heterocycles. The van der Waals surface area contributed by atoms with Crippen LogP contribution in [0.2, 0.25) is 0 Å². The van der Waals surface area contributed by atoms with Crippen LogP contribution in [0.5, 0.6) is 0 Å². The monoisotopic (exact) mass is 511 g/mol. The summed E-state index contributed by atoms with van der Waals surface area (Å²) < 4.78 is 12.6. The zero-order valence-corrected chi connectivity index (χ0v) is 15.8. The minimum Gasteiger partial charge on any atom is -0.619 e. The number of hydrogen-bond donors (Lipinski definition) is 0. The summed E-state index contributed by atoms with van der Waals surface area (Å²) in [6, 6.07) is 20.0. The van der Waals surface area contributed by atoms with Gasteiger partial charge in [-0.3, -0.25) is 4.39 Å². The van der Waals surface area contributed by atoms with Crippen molar-refractivity contribution >= 4 is 0 Å². The molecule has 1 radical (unpaired) electrons. The second kappa shape index (κ2) is 9.27. The summed E-state index contributed by atoms with van der Waals surface area (Å²) in [6.45, 7) is 0. The second-order valence-corrected chi connectivity index (χ2v) is 5.13. The molecule has 1 unspecified atom stereocenters. The molecular weight excluding hydrogens is 495 g/mol. The van der Waals surface area contributed by atoms with Crippen LogP contribution >= 0.6 is 0 Å². The molecule has 6 heteroatoms. The van der Waals surface area contributed by atoms with Crippen LogP contribution < -0.4 is 5.10 Å². The number of benzene rings is 2. The van der Waals surface area contributed by atoms with Crippen LogP contribution in [0.15, 0.2) is 67.0 Å². The van der Waals surface area contributed by atoms with E-state index in [0.717, 1.165) is 16.8 Å². The number of hydrogen-bond acceptors (Lipinski definition) is 2. The van der Waals surface area contributed by atoms with Gasteiger partial charge in [-0.2, -0.15) is 23.3 Å². The van der Waals surface area contributed by atoms with Crippen LogP contribution in [0.4, 0.5) is 4.39 Å². The Kier molecular flexibility index (Phi) is 7.07. The molecule has 2 heterocycles. The Hall–Kier alpha value is -2.27. The van der Waals surface area contributed by atoms with Gasteiger partial charge in [0.25, 0.3) is 0 Å². The molecule has 1 aromatic heterocycles. The molecule has 3 aromatic rings. The standard InChI is InChI=1S/C10H9FN2.C9H6N2.Ir/c1-13-7-6-10(12-13)8-2-4-9(11)5-3-8;1-2-4-8(5-3-1)9-6-7-10-11-9;/h2,4-7,10H,1H3;1-4,6-7H;/q2*-2;. The first-order valence-electron chi connectivity index (χ1n) is 7.43. The third-order valence-corrected chi connectivity index (χ3v) is 3.36. The normalized spacial score (nSPS) is 15.3. The maximum absolute atomic E-state index is 12.6. The van der Waals surface area contributed by atoms with Crippen LogP contribution in [-0.4, -0.2) is 17.2 Å². The predicted molar refractivity (Wildman–Crippen MR) is 90.1 cm³/mol. The van der Waals surface area contributed by atoms with Crippen LogP contribution in [0.1, 0.15) is 11.6 Å². The molecule has 0 aliphatic carbocycles. The Morgan fingerprint density at radius 1 is 1.16 bits per heavy atom. The molecule has 131 valence electrons. The minimum atomic E-state index is -0.265. The molecule has 0 saturated carbocycles. The second-order valence-electron chi connectivity index (χ2n) is 5.13. The third kappa shape index (κ3) is 5.36. The van der Waals surface area contributed by atoms with Gasteiger partial charge < -0.3 is 20.6 Å². The van der Waals surface area contributed by atoms with Gasteiger partial charge in [0.1, 0.15) is 0 Å². The van der Waals surface area contributed by atoms with Crippen molar-refractivity contribution in [1.82, 2.24) is 15.2 Å².